The lowest BCUT2D eigenvalue weighted by Gasteiger charge is -2.10. The largest absolute Gasteiger partial charge is 0.469 e. The van der Waals surface area contributed by atoms with Crippen LogP contribution in [0.1, 0.15) is 33.7 Å². The highest BCUT2D eigenvalue weighted by molar-refractivity contribution is 6.35. The quantitative estimate of drug-likeness (QED) is 0.346. The average molecular weight is 490 g/mol. The first-order valence-corrected chi connectivity index (χ1v) is 11.1. The fourth-order valence-electron chi connectivity index (χ4n) is 3.37. The Bertz CT molecular complexity index is 1150. The number of esters is 1. The van der Waals surface area contributed by atoms with Crippen LogP contribution in [0.5, 0.6) is 0 Å². The molecule has 0 atom stereocenters. The standard InChI is InChI=1S/C23H25Cl2N5O3/c1-14-19(8-9-21(31)33-3)15(2)30(29-14)18-6-4-16(5-7-18)23(32)27-11-10-26-22-20(25)12-17(24)13-28-22/h4-7,12-13H,8-11H2,1-3H3,(H,26,28)(H,27,32). The summed E-state index contributed by atoms with van der Waals surface area (Å²) in [5, 5.41) is 11.4. The summed E-state index contributed by atoms with van der Waals surface area (Å²) in [6.45, 7) is 4.72. The third-order valence-corrected chi connectivity index (χ3v) is 5.63. The van der Waals surface area contributed by atoms with Gasteiger partial charge < -0.3 is 15.4 Å². The first-order valence-electron chi connectivity index (χ1n) is 10.4. The Morgan fingerprint density at radius 3 is 2.52 bits per heavy atom. The van der Waals surface area contributed by atoms with Crippen molar-refractivity contribution in [2.45, 2.75) is 26.7 Å². The number of halogens is 2. The Kier molecular flexibility index (Phi) is 8.30. The van der Waals surface area contributed by atoms with E-state index in [9.17, 15) is 9.59 Å². The van der Waals surface area contributed by atoms with Crippen LogP contribution in [-0.2, 0) is 16.0 Å². The van der Waals surface area contributed by atoms with Crippen LogP contribution in [0.2, 0.25) is 10.0 Å². The number of nitrogens with zero attached hydrogens (tertiary/aromatic N) is 3. The van der Waals surface area contributed by atoms with Crippen LogP contribution >= 0.6 is 23.2 Å². The van der Waals surface area contributed by atoms with Crippen LogP contribution in [-0.4, -0.2) is 46.8 Å². The minimum absolute atomic E-state index is 0.189. The molecule has 10 heteroatoms. The zero-order valence-corrected chi connectivity index (χ0v) is 20.1. The molecule has 1 aromatic carbocycles. The minimum atomic E-state index is -0.250. The Morgan fingerprint density at radius 1 is 1.12 bits per heavy atom. The number of rotatable bonds is 9. The Hall–Kier alpha value is -3.10. The van der Waals surface area contributed by atoms with Crippen LogP contribution in [0.25, 0.3) is 5.69 Å². The number of carbonyl (C=O) groups is 2. The van der Waals surface area contributed by atoms with Gasteiger partial charge in [-0.2, -0.15) is 5.10 Å². The molecule has 3 aromatic rings. The van der Waals surface area contributed by atoms with Gasteiger partial charge in [-0.15, -0.1) is 0 Å². The minimum Gasteiger partial charge on any atom is -0.469 e. The monoisotopic (exact) mass is 489 g/mol. The zero-order chi connectivity index (χ0) is 24.0. The van der Waals surface area contributed by atoms with E-state index in [2.05, 4.69) is 20.7 Å². The number of anilines is 1. The second-order valence-electron chi connectivity index (χ2n) is 7.35. The molecule has 2 aromatic heterocycles. The molecule has 2 N–H and O–H groups in total. The average Bonchev–Trinajstić information content (AvgIpc) is 3.09. The molecule has 0 unspecified atom stereocenters. The molecule has 0 bridgehead atoms. The van der Waals surface area contributed by atoms with E-state index >= 15 is 0 Å². The molecule has 0 aliphatic carbocycles. The summed E-state index contributed by atoms with van der Waals surface area (Å²) in [6.07, 6.45) is 2.37. The number of aryl methyl sites for hydroxylation is 1. The molecule has 0 fully saturated rings. The molecule has 0 saturated heterocycles. The molecule has 0 aliphatic heterocycles. The van der Waals surface area contributed by atoms with Crippen molar-refractivity contribution in [2.75, 3.05) is 25.5 Å². The van der Waals surface area contributed by atoms with Gasteiger partial charge in [0.05, 0.1) is 28.5 Å². The van der Waals surface area contributed by atoms with E-state index in [-0.39, 0.29) is 11.9 Å². The first-order chi connectivity index (χ1) is 15.8. The molecular formula is C23H25Cl2N5O3. The maximum absolute atomic E-state index is 12.5. The molecule has 0 saturated carbocycles. The summed E-state index contributed by atoms with van der Waals surface area (Å²) in [5.74, 6) is 0.0702. The Labute approximate surface area is 202 Å². The normalized spacial score (nSPS) is 10.7. The van der Waals surface area contributed by atoms with Crippen molar-refractivity contribution < 1.29 is 14.3 Å². The van der Waals surface area contributed by atoms with Gasteiger partial charge in [0.2, 0.25) is 0 Å². The van der Waals surface area contributed by atoms with E-state index in [1.54, 1.807) is 18.2 Å². The van der Waals surface area contributed by atoms with E-state index in [4.69, 9.17) is 27.9 Å². The van der Waals surface area contributed by atoms with Gasteiger partial charge in [-0.3, -0.25) is 9.59 Å². The van der Waals surface area contributed by atoms with Crippen LogP contribution in [0, 0.1) is 13.8 Å². The zero-order valence-electron chi connectivity index (χ0n) is 18.6. The third kappa shape index (κ3) is 6.24. The number of pyridine rings is 1. The second-order valence-corrected chi connectivity index (χ2v) is 8.19. The van der Waals surface area contributed by atoms with Gasteiger partial charge >= 0.3 is 5.97 Å². The van der Waals surface area contributed by atoms with Gasteiger partial charge in [0.1, 0.15) is 5.82 Å². The molecule has 0 spiro atoms. The Morgan fingerprint density at radius 2 is 1.85 bits per heavy atom. The lowest BCUT2D eigenvalue weighted by Crippen LogP contribution is -2.28. The summed E-state index contributed by atoms with van der Waals surface area (Å²) < 4.78 is 6.54. The van der Waals surface area contributed by atoms with Crippen LogP contribution in [0.15, 0.2) is 36.5 Å². The molecule has 174 valence electrons. The van der Waals surface area contributed by atoms with Crippen molar-refractivity contribution in [2.24, 2.45) is 0 Å². The smallest absolute Gasteiger partial charge is 0.305 e. The summed E-state index contributed by atoms with van der Waals surface area (Å²) in [6, 6.07) is 8.78. The maximum Gasteiger partial charge on any atom is 0.305 e. The molecule has 1 amide bonds. The number of methoxy groups -OCH3 is 1. The summed E-state index contributed by atoms with van der Waals surface area (Å²) in [4.78, 5) is 28.0. The highest BCUT2D eigenvalue weighted by Crippen LogP contribution is 2.22. The maximum atomic E-state index is 12.5. The van der Waals surface area contributed by atoms with Crippen LogP contribution in [0.3, 0.4) is 0 Å². The van der Waals surface area contributed by atoms with Gasteiger partial charge in [-0.25, -0.2) is 9.67 Å². The number of nitrogens with one attached hydrogen (secondary N) is 2. The number of hydrogen-bond acceptors (Lipinski definition) is 6. The number of hydrogen-bond donors (Lipinski definition) is 2. The Balaban J connectivity index is 1.57. The topological polar surface area (TPSA) is 98.1 Å². The molecule has 0 radical (unpaired) electrons. The molecule has 8 nitrogen and oxygen atoms in total. The van der Waals surface area contributed by atoms with Gasteiger partial charge in [-0.1, -0.05) is 23.2 Å². The molecular weight excluding hydrogens is 465 g/mol. The second kappa shape index (κ2) is 11.2. The summed E-state index contributed by atoms with van der Waals surface area (Å²) in [7, 11) is 1.38. The molecule has 3 rings (SSSR count). The van der Waals surface area contributed by atoms with E-state index in [0.717, 1.165) is 22.6 Å². The van der Waals surface area contributed by atoms with Crippen LogP contribution in [0.4, 0.5) is 5.82 Å². The van der Waals surface area contributed by atoms with E-state index in [1.807, 2.05) is 30.7 Å². The lowest BCUT2D eigenvalue weighted by molar-refractivity contribution is -0.140. The number of ether oxygens (including phenoxy) is 1. The highest BCUT2D eigenvalue weighted by atomic mass is 35.5. The first kappa shape index (κ1) is 24.5. The van der Waals surface area contributed by atoms with Gasteiger partial charge in [-0.05, 0) is 56.2 Å². The highest BCUT2D eigenvalue weighted by Gasteiger charge is 2.15. The van der Waals surface area contributed by atoms with Crippen LogP contribution < -0.4 is 10.6 Å². The number of amides is 1. The van der Waals surface area contributed by atoms with Crippen molar-refractivity contribution in [1.82, 2.24) is 20.1 Å². The molecule has 2 heterocycles. The van der Waals surface area contributed by atoms with Crippen molar-refractivity contribution >= 4 is 40.9 Å². The van der Waals surface area contributed by atoms with Gasteiger partial charge in [0.15, 0.2) is 0 Å². The van der Waals surface area contributed by atoms with Crippen molar-refractivity contribution in [3.8, 4) is 5.69 Å². The number of benzene rings is 1. The number of aromatic nitrogens is 3. The van der Waals surface area contributed by atoms with Gasteiger partial charge in [0, 0.05) is 37.0 Å². The predicted molar refractivity (Wildman–Crippen MR) is 128 cm³/mol. The lowest BCUT2D eigenvalue weighted by atomic mass is 10.1. The third-order valence-electron chi connectivity index (χ3n) is 5.13. The van der Waals surface area contributed by atoms with E-state index < -0.39 is 0 Å². The van der Waals surface area contributed by atoms with Crippen molar-refractivity contribution in [3.05, 3.63) is 69.1 Å². The number of carbonyl (C=O) groups excluding carboxylic acids is 2. The SMILES string of the molecule is COC(=O)CCc1c(C)nn(-c2ccc(C(=O)NCCNc3ncc(Cl)cc3Cl)cc2)c1C. The fraction of sp³-hybridized carbons (Fsp3) is 0.304. The van der Waals surface area contributed by atoms with Crippen molar-refractivity contribution in [3.63, 3.8) is 0 Å². The summed E-state index contributed by atoms with van der Waals surface area (Å²) in [5.41, 5.74) is 4.20. The van der Waals surface area contributed by atoms with Gasteiger partial charge in [0.25, 0.3) is 5.91 Å². The predicted octanol–water partition coefficient (Wildman–Crippen LogP) is 4.14. The summed E-state index contributed by atoms with van der Waals surface area (Å²) >= 11 is 11.9. The molecule has 33 heavy (non-hydrogen) atoms. The fourth-order valence-corrected chi connectivity index (χ4v) is 3.82. The van der Waals surface area contributed by atoms with E-state index in [1.165, 1.54) is 13.3 Å². The van der Waals surface area contributed by atoms with Crippen molar-refractivity contribution in [1.29, 1.82) is 0 Å². The molecule has 0 aliphatic rings. The van der Waals surface area contributed by atoms with E-state index in [0.29, 0.717) is 47.4 Å².